The molecule has 0 atom stereocenters. The minimum atomic E-state index is 0.434. The third-order valence-electron chi connectivity index (χ3n) is 2.35. The minimum Gasteiger partial charge on any atom is -0.487 e. The molecule has 0 bridgehead atoms. The molecular formula is C14H14ClNO. The van der Waals surface area contributed by atoms with E-state index in [2.05, 4.69) is 24.9 Å². The molecule has 3 heteroatoms. The number of ether oxygens (including phenoxy) is 1. The van der Waals surface area contributed by atoms with Crippen molar-refractivity contribution in [3.8, 4) is 5.75 Å². The first-order chi connectivity index (χ1) is 8.13. The highest BCUT2D eigenvalue weighted by molar-refractivity contribution is 6.29. The van der Waals surface area contributed by atoms with Crippen LogP contribution in [0.25, 0.3) is 0 Å². The van der Waals surface area contributed by atoms with E-state index < -0.39 is 0 Å². The fourth-order valence-electron chi connectivity index (χ4n) is 1.70. The molecule has 0 aliphatic heterocycles. The molecule has 0 radical (unpaired) electrons. The zero-order chi connectivity index (χ0) is 12.3. The molecule has 0 unspecified atom stereocenters. The van der Waals surface area contributed by atoms with Crippen molar-refractivity contribution in [2.75, 3.05) is 0 Å². The summed E-state index contributed by atoms with van der Waals surface area (Å²) in [6.07, 6.45) is 0. The van der Waals surface area contributed by atoms with Crippen LogP contribution in [0, 0.1) is 13.8 Å². The topological polar surface area (TPSA) is 22.1 Å². The Morgan fingerprint density at radius 2 is 1.82 bits per heavy atom. The number of aryl methyl sites for hydroxylation is 2. The van der Waals surface area contributed by atoms with Crippen LogP contribution in [0.1, 0.15) is 16.8 Å². The summed E-state index contributed by atoms with van der Waals surface area (Å²) in [4.78, 5) is 4.17. The average molecular weight is 248 g/mol. The number of nitrogens with zero attached hydrogens (tertiary/aromatic N) is 1. The predicted molar refractivity (Wildman–Crippen MR) is 69.5 cm³/mol. The van der Waals surface area contributed by atoms with E-state index in [4.69, 9.17) is 16.3 Å². The molecule has 0 spiro atoms. The summed E-state index contributed by atoms with van der Waals surface area (Å²) in [6.45, 7) is 4.54. The van der Waals surface area contributed by atoms with E-state index in [1.54, 1.807) is 6.07 Å². The van der Waals surface area contributed by atoms with Crippen LogP contribution in [0.4, 0.5) is 0 Å². The Bertz CT molecular complexity index is 505. The molecule has 2 rings (SSSR count). The molecule has 2 nitrogen and oxygen atoms in total. The summed E-state index contributed by atoms with van der Waals surface area (Å²) in [5.74, 6) is 0.865. The van der Waals surface area contributed by atoms with E-state index in [0.29, 0.717) is 11.8 Å². The molecule has 0 fully saturated rings. The molecule has 0 saturated carbocycles. The van der Waals surface area contributed by atoms with Crippen LogP contribution in [0.3, 0.4) is 0 Å². The summed E-state index contributed by atoms with van der Waals surface area (Å²) in [7, 11) is 0. The van der Waals surface area contributed by atoms with Crippen LogP contribution in [0.2, 0.25) is 5.15 Å². The Labute approximate surface area is 106 Å². The van der Waals surface area contributed by atoms with Gasteiger partial charge in [0.25, 0.3) is 0 Å². The Balaban J connectivity index is 2.07. The Hall–Kier alpha value is -1.54. The van der Waals surface area contributed by atoms with Gasteiger partial charge in [0, 0.05) is 0 Å². The van der Waals surface area contributed by atoms with E-state index in [0.717, 1.165) is 11.4 Å². The van der Waals surface area contributed by atoms with Crippen molar-refractivity contribution in [3.05, 3.63) is 58.4 Å². The Kier molecular flexibility index (Phi) is 3.64. The first-order valence-corrected chi connectivity index (χ1v) is 5.84. The van der Waals surface area contributed by atoms with Crippen LogP contribution < -0.4 is 4.74 Å². The number of hydrogen-bond acceptors (Lipinski definition) is 2. The lowest BCUT2D eigenvalue weighted by molar-refractivity contribution is 0.301. The van der Waals surface area contributed by atoms with Gasteiger partial charge in [-0.2, -0.15) is 0 Å². The fraction of sp³-hybridized carbons (Fsp3) is 0.214. The van der Waals surface area contributed by atoms with Gasteiger partial charge in [0.1, 0.15) is 17.5 Å². The zero-order valence-electron chi connectivity index (χ0n) is 9.90. The van der Waals surface area contributed by atoms with Gasteiger partial charge in [0.15, 0.2) is 0 Å². The zero-order valence-corrected chi connectivity index (χ0v) is 10.7. The minimum absolute atomic E-state index is 0.434. The lowest BCUT2D eigenvalue weighted by Crippen LogP contribution is -1.98. The van der Waals surface area contributed by atoms with Gasteiger partial charge in [-0.3, -0.25) is 0 Å². The van der Waals surface area contributed by atoms with E-state index in [1.165, 1.54) is 11.1 Å². The van der Waals surface area contributed by atoms with Crippen LogP contribution in [0.15, 0.2) is 36.4 Å². The second-order valence-corrected chi connectivity index (χ2v) is 4.45. The maximum atomic E-state index is 5.81. The van der Waals surface area contributed by atoms with Gasteiger partial charge in [0.05, 0.1) is 5.69 Å². The smallest absolute Gasteiger partial charge is 0.130 e. The molecule has 0 amide bonds. The van der Waals surface area contributed by atoms with Crippen molar-refractivity contribution in [1.82, 2.24) is 4.98 Å². The molecule has 88 valence electrons. The molecule has 2 aromatic rings. The molecule has 0 saturated heterocycles. The normalized spacial score (nSPS) is 10.3. The van der Waals surface area contributed by atoms with Gasteiger partial charge < -0.3 is 4.74 Å². The molecule has 0 aliphatic carbocycles. The van der Waals surface area contributed by atoms with Gasteiger partial charge in [-0.05, 0) is 49.2 Å². The predicted octanol–water partition coefficient (Wildman–Crippen LogP) is 3.93. The lowest BCUT2D eigenvalue weighted by atomic mass is 10.1. The number of aromatic nitrogens is 1. The van der Waals surface area contributed by atoms with Gasteiger partial charge in [-0.15, -0.1) is 0 Å². The first-order valence-electron chi connectivity index (χ1n) is 5.46. The van der Waals surface area contributed by atoms with Crippen LogP contribution in [0.5, 0.6) is 5.75 Å². The van der Waals surface area contributed by atoms with E-state index in [1.807, 2.05) is 24.3 Å². The number of pyridine rings is 1. The van der Waals surface area contributed by atoms with Crippen LogP contribution >= 0.6 is 11.6 Å². The van der Waals surface area contributed by atoms with E-state index >= 15 is 0 Å². The van der Waals surface area contributed by atoms with Crippen molar-refractivity contribution in [1.29, 1.82) is 0 Å². The van der Waals surface area contributed by atoms with E-state index in [-0.39, 0.29) is 0 Å². The Morgan fingerprint density at radius 1 is 1.12 bits per heavy atom. The maximum Gasteiger partial charge on any atom is 0.130 e. The molecule has 0 N–H and O–H groups in total. The number of halogens is 1. The highest BCUT2D eigenvalue weighted by Crippen LogP contribution is 2.17. The average Bonchev–Trinajstić information content (AvgIpc) is 2.25. The highest BCUT2D eigenvalue weighted by atomic mass is 35.5. The monoisotopic (exact) mass is 247 g/mol. The fourth-order valence-corrected chi connectivity index (χ4v) is 1.89. The molecule has 1 aromatic carbocycles. The largest absolute Gasteiger partial charge is 0.487 e. The quantitative estimate of drug-likeness (QED) is 0.767. The number of rotatable bonds is 3. The summed E-state index contributed by atoms with van der Waals surface area (Å²) in [6, 6.07) is 11.7. The van der Waals surface area contributed by atoms with Gasteiger partial charge in [-0.25, -0.2) is 4.98 Å². The van der Waals surface area contributed by atoms with Gasteiger partial charge in [-0.1, -0.05) is 23.7 Å². The maximum absolute atomic E-state index is 5.81. The highest BCUT2D eigenvalue weighted by Gasteiger charge is 2.00. The van der Waals surface area contributed by atoms with E-state index in [9.17, 15) is 0 Å². The van der Waals surface area contributed by atoms with Crippen molar-refractivity contribution in [2.45, 2.75) is 20.5 Å². The third kappa shape index (κ3) is 3.46. The van der Waals surface area contributed by atoms with Gasteiger partial charge in [0.2, 0.25) is 0 Å². The van der Waals surface area contributed by atoms with Crippen LogP contribution in [-0.4, -0.2) is 4.98 Å². The first kappa shape index (κ1) is 11.9. The number of hydrogen-bond donors (Lipinski definition) is 0. The summed E-state index contributed by atoms with van der Waals surface area (Å²) >= 11 is 5.81. The van der Waals surface area contributed by atoms with Gasteiger partial charge >= 0.3 is 0 Å². The second kappa shape index (κ2) is 5.19. The lowest BCUT2D eigenvalue weighted by Gasteiger charge is -2.08. The standard InChI is InChI=1S/C14H14ClNO/c1-10-6-11(2)8-13(7-10)17-9-12-4-3-5-14(15)16-12/h3-8H,9H2,1-2H3. The van der Waals surface area contributed by atoms with Crippen LogP contribution in [-0.2, 0) is 6.61 Å². The summed E-state index contributed by atoms with van der Waals surface area (Å²) in [5.41, 5.74) is 3.22. The molecule has 0 aliphatic rings. The molecular weight excluding hydrogens is 234 g/mol. The molecule has 1 aromatic heterocycles. The SMILES string of the molecule is Cc1cc(C)cc(OCc2cccc(Cl)n2)c1. The molecule has 17 heavy (non-hydrogen) atoms. The van der Waals surface area contributed by atoms with Crippen molar-refractivity contribution < 1.29 is 4.74 Å². The Morgan fingerprint density at radius 3 is 2.47 bits per heavy atom. The van der Waals surface area contributed by atoms with Crippen molar-refractivity contribution >= 4 is 11.6 Å². The van der Waals surface area contributed by atoms with Crippen molar-refractivity contribution in [2.24, 2.45) is 0 Å². The molecule has 1 heterocycles. The second-order valence-electron chi connectivity index (χ2n) is 4.06. The number of benzene rings is 1. The summed E-state index contributed by atoms with van der Waals surface area (Å²) in [5, 5.41) is 0.492. The third-order valence-corrected chi connectivity index (χ3v) is 2.57. The van der Waals surface area contributed by atoms with Crippen molar-refractivity contribution in [3.63, 3.8) is 0 Å². The summed E-state index contributed by atoms with van der Waals surface area (Å²) < 4.78 is 5.69.